The summed E-state index contributed by atoms with van der Waals surface area (Å²) in [6.07, 6.45) is 3.55. The second kappa shape index (κ2) is 10.2. The standard InChI is InChI=1S/C22H25Cl2FN3O2/c1-3-27(4-2)20(29)13-19-21(26-22-18(24)12-16(23)14-28(19)22)15-6-8-17(9-7-15)30-11-5-10-25/h6-9,12,14,22H,3-5,10-11,13H2,1-2H3/q+1. The average Bonchev–Trinajstić information content (AvgIpc) is 3.08. The Bertz CT molecular complexity index is 919. The molecule has 0 saturated carbocycles. The van der Waals surface area contributed by atoms with Crippen molar-refractivity contribution in [1.82, 2.24) is 4.90 Å². The van der Waals surface area contributed by atoms with Gasteiger partial charge in [-0.05, 0) is 44.2 Å². The van der Waals surface area contributed by atoms with E-state index >= 15 is 0 Å². The van der Waals surface area contributed by atoms with E-state index in [1.807, 2.05) is 42.7 Å². The van der Waals surface area contributed by atoms with Crippen LogP contribution in [0.15, 0.2) is 51.6 Å². The van der Waals surface area contributed by atoms with Crippen molar-refractivity contribution in [1.29, 1.82) is 0 Å². The number of amides is 1. The van der Waals surface area contributed by atoms with Gasteiger partial charge in [-0.15, -0.1) is 0 Å². The van der Waals surface area contributed by atoms with Crippen molar-refractivity contribution >= 4 is 40.5 Å². The molecule has 0 fully saturated rings. The number of benzene rings is 1. The summed E-state index contributed by atoms with van der Waals surface area (Å²) in [5.41, 5.74) is 2.30. The molecule has 1 unspecified atom stereocenters. The predicted octanol–water partition coefficient (Wildman–Crippen LogP) is 4.48. The number of halogens is 3. The first kappa shape index (κ1) is 22.5. The maximum Gasteiger partial charge on any atom is 0.288 e. The molecule has 3 rings (SSSR count). The molecule has 5 nitrogen and oxygen atoms in total. The molecule has 0 saturated heterocycles. The highest BCUT2D eigenvalue weighted by Crippen LogP contribution is 2.29. The Morgan fingerprint density at radius 1 is 1.23 bits per heavy atom. The molecule has 8 heteroatoms. The zero-order valence-corrected chi connectivity index (χ0v) is 18.6. The van der Waals surface area contributed by atoms with E-state index in [2.05, 4.69) is 0 Å². The molecule has 2 aliphatic heterocycles. The second-order valence-corrected chi connectivity index (χ2v) is 7.78. The first-order chi connectivity index (χ1) is 14.5. The van der Waals surface area contributed by atoms with E-state index in [1.165, 1.54) is 0 Å². The van der Waals surface area contributed by atoms with Crippen LogP contribution in [0.1, 0.15) is 32.3 Å². The molecule has 1 aromatic carbocycles. The third kappa shape index (κ3) is 4.93. The number of allylic oxidation sites excluding steroid dienone is 2. The largest absolute Gasteiger partial charge is 0.493 e. The number of nitrogens with zero attached hydrogens (tertiary/aromatic N) is 3. The van der Waals surface area contributed by atoms with E-state index in [1.54, 1.807) is 17.2 Å². The number of carbonyl (C=O) groups is 1. The van der Waals surface area contributed by atoms with Gasteiger partial charge in [-0.25, -0.2) is 4.99 Å². The van der Waals surface area contributed by atoms with Crippen LogP contribution in [0.25, 0.3) is 0 Å². The van der Waals surface area contributed by atoms with E-state index in [4.69, 9.17) is 32.9 Å². The lowest BCUT2D eigenvalue weighted by Crippen LogP contribution is -2.35. The van der Waals surface area contributed by atoms with Gasteiger partial charge < -0.3 is 9.64 Å². The van der Waals surface area contributed by atoms with Gasteiger partial charge in [-0.1, -0.05) is 23.2 Å². The van der Waals surface area contributed by atoms with E-state index in [0.717, 1.165) is 11.3 Å². The highest BCUT2D eigenvalue weighted by atomic mass is 35.5. The smallest absolute Gasteiger partial charge is 0.288 e. The summed E-state index contributed by atoms with van der Waals surface area (Å²) >= 11 is 12.6. The van der Waals surface area contributed by atoms with Crippen LogP contribution in [0.5, 0.6) is 5.75 Å². The van der Waals surface area contributed by atoms with Gasteiger partial charge in [-0.3, -0.25) is 9.18 Å². The molecule has 160 valence electrons. The second-order valence-electron chi connectivity index (χ2n) is 6.91. The van der Waals surface area contributed by atoms with Crippen LogP contribution in [0.2, 0.25) is 0 Å². The van der Waals surface area contributed by atoms with Gasteiger partial charge in [0.2, 0.25) is 11.6 Å². The van der Waals surface area contributed by atoms with E-state index in [9.17, 15) is 9.18 Å². The van der Waals surface area contributed by atoms with Crippen LogP contribution in [-0.2, 0) is 4.79 Å². The van der Waals surface area contributed by atoms with Crippen molar-refractivity contribution < 1.29 is 18.5 Å². The topological polar surface area (TPSA) is 44.9 Å². The summed E-state index contributed by atoms with van der Waals surface area (Å²) < 4.78 is 19.7. The molecule has 1 amide bonds. The van der Waals surface area contributed by atoms with Crippen molar-refractivity contribution in [3.8, 4) is 5.75 Å². The third-order valence-electron chi connectivity index (χ3n) is 4.99. The Kier molecular flexibility index (Phi) is 7.67. The van der Waals surface area contributed by atoms with Crippen molar-refractivity contribution in [3.05, 3.63) is 52.2 Å². The Labute approximate surface area is 186 Å². The highest BCUT2D eigenvalue weighted by molar-refractivity contribution is 6.50. The molecular weight excluding hydrogens is 428 g/mol. The SMILES string of the molecule is CCN(CC)C(=O)CC1=[N+]2C=C(Cl)C=C(Cl)C2N=C1c1ccc(OCCCF)cc1. The van der Waals surface area contributed by atoms with Gasteiger partial charge in [0, 0.05) is 25.1 Å². The maximum atomic E-state index is 12.8. The molecule has 2 aliphatic rings. The van der Waals surface area contributed by atoms with Gasteiger partial charge in [-0.2, -0.15) is 4.58 Å². The zero-order chi connectivity index (χ0) is 21.7. The van der Waals surface area contributed by atoms with Crippen LogP contribution in [0, 0.1) is 0 Å². The van der Waals surface area contributed by atoms with Crippen LogP contribution in [0.3, 0.4) is 0 Å². The van der Waals surface area contributed by atoms with Crippen molar-refractivity contribution in [2.24, 2.45) is 4.99 Å². The average molecular weight is 453 g/mol. The number of alkyl halides is 1. The minimum absolute atomic E-state index is 0.0183. The fourth-order valence-corrected chi connectivity index (χ4v) is 4.00. The molecule has 0 aromatic heterocycles. The highest BCUT2D eigenvalue weighted by Gasteiger charge is 2.40. The molecule has 0 bridgehead atoms. The summed E-state index contributed by atoms with van der Waals surface area (Å²) in [6.45, 7) is 5.11. The summed E-state index contributed by atoms with van der Waals surface area (Å²) in [6, 6.07) is 7.40. The van der Waals surface area contributed by atoms with Gasteiger partial charge >= 0.3 is 0 Å². The summed E-state index contributed by atoms with van der Waals surface area (Å²) in [4.78, 5) is 19.4. The molecule has 0 spiro atoms. The lowest BCUT2D eigenvalue weighted by atomic mass is 10.0. The predicted molar refractivity (Wildman–Crippen MR) is 119 cm³/mol. The number of carbonyl (C=O) groups excluding carboxylic acids is 1. The van der Waals surface area contributed by atoms with Crippen LogP contribution in [-0.4, -0.2) is 59.3 Å². The number of aliphatic imine (C=N–C) groups is 1. The summed E-state index contributed by atoms with van der Waals surface area (Å²) in [7, 11) is 0. The molecule has 1 atom stereocenters. The first-order valence-corrected chi connectivity index (χ1v) is 10.8. The molecule has 1 aromatic rings. The minimum Gasteiger partial charge on any atom is -0.493 e. The molecular formula is C22H25Cl2FN3O2+. The number of fused-ring (bicyclic) bond motifs is 1. The first-order valence-electron chi connectivity index (χ1n) is 10.0. The fraction of sp³-hybridized carbons (Fsp3) is 0.409. The van der Waals surface area contributed by atoms with E-state index < -0.39 is 12.8 Å². The Hall–Kier alpha value is -2.18. The zero-order valence-electron chi connectivity index (χ0n) is 17.1. The molecule has 0 N–H and O–H groups in total. The van der Waals surface area contributed by atoms with Crippen LogP contribution < -0.4 is 4.74 Å². The van der Waals surface area contributed by atoms with Crippen molar-refractivity contribution in [3.63, 3.8) is 0 Å². The van der Waals surface area contributed by atoms with Gasteiger partial charge in [0.25, 0.3) is 6.17 Å². The lowest BCUT2D eigenvalue weighted by Gasteiger charge is -2.18. The molecule has 0 aliphatic carbocycles. The maximum absolute atomic E-state index is 12.8. The molecule has 2 heterocycles. The van der Waals surface area contributed by atoms with E-state index in [-0.39, 0.29) is 12.3 Å². The summed E-state index contributed by atoms with van der Waals surface area (Å²) in [5.74, 6) is 0.676. The molecule has 0 radical (unpaired) electrons. The monoisotopic (exact) mass is 452 g/mol. The van der Waals surface area contributed by atoms with Crippen molar-refractivity contribution in [2.75, 3.05) is 26.4 Å². The van der Waals surface area contributed by atoms with Gasteiger partial charge in [0.1, 0.15) is 27.9 Å². The third-order valence-corrected chi connectivity index (χ3v) is 5.51. The number of hydrogen-bond donors (Lipinski definition) is 0. The Morgan fingerprint density at radius 2 is 1.93 bits per heavy atom. The Morgan fingerprint density at radius 3 is 2.57 bits per heavy atom. The minimum atomic E-state index is -0.427. The van der Waals surface area contributed by atoms with E-state index in [0.29, 0.717) is 47.6 Å². The van der Waals surface area contributed by atoms with Gasteiger partial charge in [0.15, 0.2) is 6.20 Å². The quantitative estimate of drug-likeness (QED) is 0.409. The van der Waals surface area contributed by atoms with Crippen LogP contribution in [0.4, 0.5) is 4.39 Å². The number of hydrogen-bond acceptors (Lipinski definition) is 3. The van der Waals surface area contributed by atoms with Crippen LogP contribution >= 0.6 is 23.2 Å². The van der Waals surface area contributed by atoms with Gasteiger partial charge in [0.05, 0.1) is 13.3 Å². The fourth-order valence-electron chi connectivity index (χ4n) is 3.45. The summed E-state index contributed by atoms with van der Waals surface area (Å²) in [5, 5.41) is 0.980. The Balaban J connectivity index is 1.93. The number of ether oxygens (including phenoxy) is 1. The normalized spacial score (nSPS) is 17.9. The van der Waals surface area contributed by atoms with Crippen molar-refractivity contribution in [2.45, 2.75) is 32.9 Å². The lowest BCUT2D eigenvalue weighted by molar-refractivity contribution is -0.483. The molecule has 30 heavy (non-hydrogen) atoms. The number of rotatable bonds is 9.